The number of pyridine rings is 1. The summed E-state index contributed by atoms with van der Waals surface area (Å²) in [5.74, 6) is 0.00471. The Morgan fingerprint density at radius 2 is 1.73 bits per heavy atom. The Morgan fingerprint density at radius 1 is 0.970 bits per heavy atom. The molecule has 2 aromatic carbocycles. The molecule has 4 aromatic rings. The molecule has 0 atom stereocenters. The molecule has 0 aliphatic rings. The predicted molar refractivity (Wildman–Crippen MR) is 129 cm³/mol. The number of ether oxygens (including phenoxy) is 2. The Kier molecular flexibility index (Phi) is 6.18. The number of amides is 1. The molecule has 0 unspecified atom stereocenters. The zero-order valence-corrected chi connectivity index (χ0v) is 19.2. The fourth-order valence-corrected chi connectivity index (χ4v) is 4.04. The summed E-state index contributed by atoms with van der Waals surface area (Å²) in [5, 5.41) is 3.46. The van der Waals surface area contributed by atoms with Crippen LogP contribution in [-0.4, -0.2) is 30.3 Å². The van der Waals surface area contributed by atoms with Crippen LogP contribution >= 0.6 is 23.2 Å². The number of aromatic nitrogens is 1. The van der Waals surface area contributed by atoms with Gasteiger partial charge in [0, 0.05) is 16.8 Å². The van der Waals surface area contributed by atoms with Gasteiger partial charge in [0.15, 0.2) is 11.5 Å². The van der Waals surface area contributed by atoms with E-state index in [2.05, 4.69) is 5.32 Å². The van der Waals surface area contributed by atoms with Crippen molar-refractivity contribution >= 4 is 51.8 Å². The predicted octanol–water partition coefficient (Wildman–Crippen LogP) is 5.33. The van der Waals surface area contributed by atoms with E-state index in [1.54, 1.807) is 59.1 Å². The number of halogens is 2. The maximum atomic E-state index is 13.5. The van der Waals surface area contributed by atoms with Crippen molar-refractivity contribution in [2.75, 3.05) is 25.3 Å². The summed E-state index contributed by atoms with van der Waals surface area (Å²) in [5.41, 5.74) is 7.92. The summed E-state index contributed by atoms with van der Waals surface area (Å²) in [7, 11) is 2.99. The number of hydrogen-bond acceptors (Lipinski definition) is 5. The van der Waals surface area contributed by atoms with E-state index >= 15 is 0 Å². The number of carbonyl (C=O) groups is 2. The Labute approximate surface area is 199 Å². The number of ketones is 1. The summed E-state index contributed by atoms with van der Waals surface area (Å²) < 4.78 is 12.1. The van der Waals surface area contributed by atoms with Crippen LogP contribution in [0, 0.1) is 0 Å². The second-order valence-corrected chi connectivity index (χ2v) is 7.91. The molecule has 0 saturated heterocycles. The Balaban J connectivity index is 1.81. The number of hydrogen-bond donors (Lipinski definition) is 2. The van der Waals surface area contributed by atoms with Gasteiger partial charge in [0.05, 0.1) is 41.7 Å². The van der Waals surface area contributed by atoms with Crippen molar-refractivity contribution in [2.45, 2.75) is 0 Å². The molecule has 0 spiro atoms. The van der Waals surface area contributed by atoms with E-state index in [1.165, 1.54) is 20.3 Å². The molecule has 0 aliphatic carbocycles. The molecule has 2 heterocycles. The van der Waals surface area contributed by atoms with Gasteiger partial charge in [0.1, 0.15) is 5.69 Å². The average molecular weight is 484 g/mol. The highest BCUT2D eigenvalue weighted by atomic mass is 35.5. The van der Waals surface area contributed by atoms with Crippen LogP contribution in [0.1, 0.15) is 26.4 Å². The van der Waals surface area contributed by atoms with Crippen molar-refractivity contribution in [1.29, 1.82) is 0 Å². The molecule has 33 heavy (non-hydrogen) atoms. The third-order valence-electron chi connectivity index (χ3n) is 5.15. The van der Waals surface area contributed by atoms with Crippen LogP contribution in [-0.2, 0) is 0 Å². The van der Waals surface area contributed by atoms with Gasteiger partial charge in [0.25, 0.3) is 5.91 Å². The van der Waals surface area contributed by atoms with Crippen LogP contribution in [0.4, 0.5) is 11.4 Å². The number of benzene rings is 2. The lowest BCUT2D eigenvalue weighted by Crippen LogP contribution is -2.14. The van der Waals surface area contributed by atoms with Gasteiger partial charge in [0.2, 0.25) is 5.78 Å². The summed E-state index contributed by atoms with van der Waals surface area (Å²) in [6.45, 7) is 0. The molecule has 7 nitrogen and oxygen atoms in total. The maximum absolute atomic E-state index is 13.5. The van der Waals surface area contributed by atoms with Gasteiger partial charge in [-0.3, -0.25) is 9.59 Å². The quantitative estimate of drug-likeness (QED) is 0.361. The van der Waals surface area contributed by atoms with Crippen molar-refractivity contribution in [1.82, 2.24) is 4.40 Å². The SMILES string of the molecule is COc1ccc(C(=O)c2c(N)c(C(=O)Nc3ccc(Cl)cc3Cl)c3ccccn23)cc1OC. The van der Waals surface area contributed by atoms with Crippen LogP contribution in [0.3, 0.4) is 0 Å². The second kappa shape index (κ2) is 9.05. The standard InChI is InChI=1S/C24H19Cl2N3O4/c1-32-18-9-6-13(11-19(18)33-2)23(30)22-21(27)20(17-5-3-4-10-29(17)22)24(31)28-16-8-7-14(25)12-15(16)26/h3-12H,27H2,1-2H3,(H,28,31). The van der Waals surface area contributed by atoms with Crippen LogP contribution in [0.2, 0.25) is 10.0 Å². The van der Waals surface area contributed by atoms with Crippen molar-refractivity contribution in [3.05, 3.63) is 87.7 Å². The number of rotatable bonds is 6. The first-order chi connectivity index (χ1) is 15.8. The molecule has 4 rings (SSSR count). The van der Waals surface area contributed by atoms with Crippen LogP contribution in [0.15, 0.2) is 60.8 Å². The minimum absolute atomic E-state index is 0.0450. The number of carbonyl (C=O) groups excluding carboxylic acids is 2. The molecule has 168 valence electrons. The lowest BCUT2D eigenvalue weighted by Gasteiger charge is -2.10. The molecule has 3 N–H and O–H groups in total. The van der Waals surface area contributed by atoms with Crippen molar-refractivity contribution in [3.8, 4) is 11.5 Å². The van der Waals surface area contributed by atoms with Gasteiger partial charge in [-0.05, 0) is 48.5 Å². The van der Waals surface area contributed by atoms with Gasteiger partial charge >= 0.3 is 0 Å². The van der Waals surface area contributed by atoms with Crippen molar-refractivity contribution < 1.29 is 19.1 Å². The van der Waals surface area contributed by atoms with Crippen LogP contribution in [0.25, 0.3) is 5.52 Å². The average Bonchev–Trinajstić information content (AvgIpc) is 3.11. The molecule has 0 fully saturated rings. The minimum atomic E-state index is -0.508. The Hall–Kier alpha value is -3.68. The zero-order chi connectivity index (χ0) is 23.7. The van der Waals surface area contributed by atoms with E-state index in [0.717, 1.165) is 0 Å². The number of nitrogens with two attached hydrogens (primary N) is 1. The van der Waals surface area contributed by atoms with Crippen molar-refractivity contribution in [3.63, 3.8) is 0 Å². The molecule has 1 amide bonds. The smallest absolute Gasteiger partial charge is 0.260 e. The largest absolute Gasteiger partial charge is 0.493 e. The van der Waals surface area contributed by atoms with Gasteiger partial charge in [-0.25, -0.2) is 0 Å². The molecular formula is C24H19Cl2N3O4. The molecular weight excluding hydrogens is 465 g/mol. The van der Waals surface area contributed by atoms with E-state index in [-0.39, 0.29) is 27.8 Å². The van der Waals surface area contributed by atoms with Crippen LogP contribution < -0.4 is 20.5 Å². The topological polar surface area (TPSA) is 95.1 Å². The molecule has 2 aromatic heterocycles. The van der Waals surface area contributed by atoms with Gasteiger partial charge in [-0.2, -0.15) is 0 Å². The molecule has 0 aliphatic heterocycles. The Bertz CT molecular complexity index is 1400. The first kappa shape index (κ1) is 22.5. The monoisotopic (exact) mass is 483 g/mol. The molecule has 0 radical (unpaired) electrons. The maximum Gasteiger partial charge on any atom is 0.260 e. The summed E-state index contributed by atoms with van der Waals surface area (Å²) in [4.78, 5) is 26.7. The highest BCUT2D eigenvalue weighted by Gasteiger charge is 2.27. The summed E-state index contributed by atoms with van der Waals surface area (Å²) >= 11 is 12.1. The lowest BCUT2D eigenvalue weighted by atomic mass is 10.1. The molecule has 9 heteroatoms. The number of anilines is 2. The van der Waals surface area contributed by atoms with Crippen LogP contribution in [0.5, 0.6) is 11.5 Å². The highest BCUT2D eigenvalue weighted by molar-refractivity contribution is 6.37. The van der Waals surface area contributed by atoms with Gasteiger partial charge < -0.3 is 24.9 Å². The number of fused-ring (bicyclic) bond motifs is 1. The first-order valence-electron chi connectivity index (χ1n) is 9.77. The fourth-order valence-electron chi connectivity index (χ4n) is 3.59. The van der Waals surface area contributed by atoms with E-state index < -0.39 is 5.91 Å². The third kappa shape index (κ3) is 4.08. The molecule has 0 bridgehead atoms. The lowest BCUT2D eigenvalue weighted by molar-refractivity contribution is 0.102. The highest BCUT2D eigenvalue weighted by Crippen LogP contribution is 2.33. The fraction of sp³-hybridized carbons (Fsp3) is 0.0833. The normalized spacial score (nSPS) is 10.8. The number of nitrogens with one attached hydrogen (secondary N) is 1. The summed E-state index contributed by atoms with van der Waals surface area (Å²) in [6, 6.07) is 14.7. The number of nitrogens with zero attached hydrogens (tertiary/aromatic N) is 1. The zero-order valence-electron chi connectivity index (χ0n) is 17.7. The van der Waals surface area contributed by atoms with Gasteiger partial charge in [-0.15, -0.1) is 0 Å². The number of methoxy groups -OCH3 is 2. The number of nitrogen functional groups attached to an aromatic ring is 1. The van der Waals surface area contributed by atoms with Gasteiger partial charge in [-0.1, -0.05) is 29.3 Å². The van der Waals surface area contributed by atoms with E-state index in [9.17, 15) is 9.59 Å². The second-order valence-electron chi connectivity index (χ2n) is 7.07. The van der Waals surface area contributed by atoms with E-state index in [0.29, 0.717) is 33.3 Å². The third-order valence-corrected chi connectivity index (χ3v) is 5.70. The van der Waals surface area contributed by atoms with E-state index in [1.807, 2.05) is 0 Å². The summed E-state index contributed by atoms with van der Waals surface area (Å²) in [6.07, 6.45) is 1.67. The first-order valence-corrected chi connectivity index (χ1v) is 10.5. The minimum Gasteiger partial charge on any atom is -0.493 e. The van der Waals surface area contributed by atoms with Crippen molar-refractivity contribution in [2.24, 2.45) is 0 Å². The van der Waals surface area contributed by atoms with E-state index in [4.69, 9.17) is 38.4 Å². The Morgan fingerprint density at radius 3 is 2.42 bits per heavy atom. The molecule has 0 saturated carbocycles.